The van der Waals surface area contributed by atoms with E-state index in [9.17, 15) is 4.79 Å². The van der Waals surface area contributed by atoms with Crippen LogP contribution in [0.1, 0.15) is 5.56 Å². The van der Waals surface area contributed by atoms with Crippen LogP contribution in [0.2, 0.25) is 0 Å². The molecular formula is C14H17N3O3S. The molecule has 0 saturated heterocycles. The number of aromatic nitrogens is 2. The molecule has 7 heteroatoms. The van der Waals surface area contributed by atoms with Crippen molar-refractivity contribution >= 4 is 18.0 Å². The van der Waals surface area contributed by atoms with E-state index in [1.807, 2.05) is 18.2 Å². The lowest BCUT2D eigenvalue weighted by atomic mass is 10.1. The number of methoxy groups -OCH3 is 2. The quantitative estimate of drug-likeness (QED) is 0.822. The average Bonchev–Trinajstić information content (AvgIpc) is 2.45. The molecule has 21 heavy (non-hydrogen) atoms. The number of hydrogen-bond acceptors (Lipinski definition) is 5. The first-order valence-corrected chi connectivity index (χ1v) is 6.76. The highest BCUT2D eigenvalue weighted by molar-refractivity contribution is 7.71. The second-order valence-electron chi connectivity index (χ2n) is 4.44. The Bertz CT molecular complexity index is 752. The highest BCUT2D eigenvalue weighted by atomic mass is 32.1. The van der Waals surface area contributed by atoms with Crippen molar-refractivity contribution in [3.8, 4) is 11.5 Å². The van der Waals surface area contributed by atoms with Crippen LogP contribution in [0.25, 0.3) is 0 Å². The first-order valence-electron chi connectivity index (χ1n) is 6.35. The van der Waals surface area contributed by atoms with Crippen molar-refractivity contribution in [2.45, 2.75) is 13.0 Å². The number of nitrogens with zero attached hydrogens (tertiary/aromatic N) is 1. The number of aryl methyl sites for hydroxylation is 1. The topological polar surface area (TPSA) is 82.3 Å². The molecule has 0 aliphatic carbocycles. The number of nitrogens with two attached hydrogens (primary N) is 1. The largest absolute Gasteiger partial charge is 0.497 e. The number of hydrogen-bond donors (Lipinski definition) is 2. The van der Waals surface area contributed by atoms with Crippen molar-refractivity contribution in [3.63, 3.8) is 0 Å². The van der Waals surface area contributed by atoms with Crippen LogP contribution < -0.4 is 20.8 Å². The minimum absolute atomic E-state index is 0.298. The van der Waals surface area contributed by atoms with Gasteiger partial charge in [0, 0.05) is 12.6 Å². The first-order chi connectivity index (χ1) is 10.0. The van der Waals surface area contributed by atoms with Gasteiger partial charge in [-0.15, -0.1) is 0 Å². The molecule has 1 aromatic heterocycles. The van der Waals surface area contributed by atoms with Gasteiger partial charge in [0.25, 0.3) is 5.56 Å². The summed E-state index contributed by atoms with van der Waals surface area (Å²) in [5.74, 6) is 1.86. The SMILES string of the molecule is COc1ccc(OC)c(CCn2c(N)cc(=O)[nH]c2=S)c1. The fourth-order valence-electron chi connectivity index (χ4n) is 2.08. The van der Waals surface area contributed by atoms with Crippen LogP contribution in [0.5, 0.6) is 11.5 Å². The highest BCUT2D eigenvalue weighted by Gasteiger charge is 2.07. The summed E-state index contributed by atoms with van der Waals surface area (Å²) in [5, 5.41) is 0. The Labute approximate surface area is 127 Å². The van der Waals surface area contributed by atoms with E-state index in [-0.39, 0.29) is 5.56 Å². The number of aromatic amines is 1. The van der Waals surface area contributed by atoms with E-state index >= 15 is 0 Å². The van der Waals surface area contributed by atoms with Crippen LogP contribution in [0.3, 0.4) is 0 Å². The number of rotatable bonds is 5. The van der Waals surface area contributed by atoms with Gasteiger partial charge in [0.2, 0.25) is 0 Å². The van der Waals surface area contributed by atoms with Crippen LogP contribution in [0.15, 0.2) is 29.1 Å². The lowest BCUT2D eigenvalue weighted by Crippen LogP contribution is -2.17. The molecule has 1 aromatic carbocycles. The van der Waals surface area contributed by atoms with Crippen molar-refractivity contribution in [1.29, 1.82) is 0 Å². The maximum absolute atomic E-state index is 11.3. The van der Waals surface area contributed by atoms with E-state index in [0.717, 1.165) is 17.1 Å². The molecule has 0 spiro atoms. The second-order valence-corrected chi connectivity index (χ2v) is 4.83. The number of H-pyrrole nitrogens is 1. The summed E-state index contributed by atoms with van der Waals surface area (Å²) in [7, 11) is 3.23. The van der Waals surface area contributed by atoms with Gasteiger partial charge in [-0.2, -0.15) is 0 Å². The maximum atomic E-state index is 11.3. The maximum Gasteiger partial charge on any atom is 0.253 e. The van der Waals surface area contributed by atoms with E-state index in [1.54, 1.807) is 18.8 Å². The Morgan fingerprint density at radius 2 is 2.05 bits per heavy atom. The third kappa shape index (κ3) is 3.43. The second kappa shape index (κ2) is 6.45. The zero-order valence-electron chi connectivity index (χ0n) is 11.9. The van der Waals surface area contributed by atoms with Crippen molar-refractivity contribution in [2.75, 3.05) is 20.0 Å². The van der Waals surface area contributed by atoms with Crippen LogP contribution in [0, 0.1) is 4.77 Å². The van der Waals surface area contributed by atoms with Gasteiger partial charge in [0.15, 0.2) is 4.77 Å². The third-order valence-corrected chi connectivity index (χ3v) is 3.48. The van der Waals surface area contributed by atoms with Gasteiger partial charge >= 0.3 is 0 Å². The van der Waals surface area contributed by atoms with Gasteiger partial charge < -0.3 is 19.8 Å². The smallest absolute Gasteiger partial charge is 0.253 e. The summed E-state index contributed by atoms with van der Waals surface area (Å²) in [6.45, 7) is 0.533. The van der Waals surface area contributed by atoms with Crippen LogP contribution in [0.4, 0.5) is 5.82 Å². The van der Waals surface area contributed by atoms with Crippen LogP contribution >= 0.6 is 12.2 Å². The summed E-state index contributed by atoms with van der Waals surface area (Å²) >= 11 is 5.12. The van der Waals surface area contributed by atoms with E-state index in [4.69, 9.17) is 27.4 Å². The Hall–Kier alpha value is -2.28. The average molecular weight is 307 g/mol. The number of anilines is 1. The molecule has 2 rings (SSSR count). The lowest BCUT2D eigenvalue weighted by Gasteiger charge is -2.13. The molecule has 0 saturated carbocycles. The van der Waals surface area contributed by atoms with E-state index in [2.05, 4.69) is 4.98 Å². The molecule has 0 unspecified atom stereocenters. The molecule has 0 aliphatic rings. The van der Waals surface area contributed by atoms with Gasteiger partial charge in [0.1, 0.15) is 17.3 Å². The molecule has 0 bridgehead atoms. The molecule has 3 N–H and O–H groups in total. The predicted molar refractivity (Wildman–Crippen MR) is 83.5 cm³/mol. The Morgan fingerprint density at radius 1 is 1.29 bits per heavy atom. The van der Waals surface area contributed by atoms with Gasteiger partial charge in [-0.1, -0.05) is 0 Å². The zero-order chi connectivity index (χ0) is 15.4. The molecule has 0 fully saturated rings. The number of ether oxygens (including phenoxy) is 2. The fraction of sp³-hybridized carbons (Fsp3) is 0.286. The monoisotopic (exact) mass is 307 g/mol. The Morgan fingerprint density at radius 3 is 2.67 bits per heavy atom. The highest BCUT2D eigenvalue weighted by Crippen LogP contribution is 2.24. The van der Waals surface area contributed by atoms with E-state index < -0.39 is 0 Å². The van der Waals surface area contributed by atoms with Crippen molar-refractivity contribution in [3.05, 3.63) is 45.0 Å². The molecule has 112 valence electrons. The molecule has 1 heterocycles. The fourth-order valence-corrected chi connectivity index (χ4v) is 2.38. The molecule has 0 atom stereocenters. The summed E-state index contributed by atoms with van der Waals surface area (Å²) in [4.78, 5) is 13.8. The molecule has 0 amide bonds. The standard InChI is InChI=1S/C14H17N3O3S/c1-19-10-3-4-11(20-2)9(7-10)5-6-17-12(15)8-13(18)16-14(17)21/h3-4,7-8H,5-6,15H2,1-2H3,(H,16,18,21). The molecule has 2 aromatic rings. The van der Waals surface area contributed by atoms with E-state index in [1.165, 1.54) is 6.07 Å². The molecule has 0 aliphatic heterocycles. The Balaban J connectivity index is 2.28. The normalized spacial score (nSPS) is 10.4. The van der Waals surface area contributed by atoms with Crippen molar-refractivity contribution in [2.24, 2.45) is 0 Å². The van der Waals surface area contributed by atoms with Gasteiger partial charge in [0.05, 0.1) is 14.2 Å². The predicted octanol–water partition coefficient (Wildman–Crippen LogP) is 1.75. The molecule has 6 nitrogen and oxygen atoms in total. The molecular weight excluding hydrogens is 290 g/mol. The van der Waals surface area contributed by atoms with E-state index in [0.29, 0.717) is 23.6 Å². The van der Waals surface area contributed by atoms with Crippen molar-refractivity contribution < 1.29 is 9.47 Å². The van der Waals surface area contributed by atoms with Gasteiger partial charge in [-0.3, -0.25) is 9.78 Å². The number of nitrogens with one attached hydrogen (secondary N) is 1. The third-order valence-electron chi connectivity index (χ3n) is 3.16. The first kappa shape index (κ1) is 15.1. The summed E-state index contributed by atoms with van der Waals surface area (Å²) in [5.41, 5.74) is 6.51. The van der Waals surface area contributed by atoms with Crippen molar-refractivity contribution in [1.82, 2.24) is 9.55 Å². The number of nitrogen functional groups attached to an aromatic ring is 1. The lowest BCUT2D eigenvalue weighted by molar-refractivity contribution is 0.397. The minimum Gasteiger partial charge on any atom is -0.497 e. The Kier molecular flexibility index (Phi) is 4.64. The minimum atomic E-state index is -0.298. The van der Waals surface area contributed by atoms with Crippen LogP contribution in [-0.4, -0.2) is 23.8 Å². The van der Waals surface area contributed by atoms with Crippen LogP contribution in [-0.2, 0) is 13.0 Å². The number of benzene rings is 1. The summed E-state index contributed by atoms with van der Waals surface area (Å²) in [6, 6.07) is 6.91. The zero-order valence-corrected chi connectivity index (χ0v) is 12.7. The van der Waals surface area contributed by atoms with Gasteiger partial charge in [-0.05, 0) is 42.4 Å². The van der Waals surface area contributed by atoms with Gasteiger partial charge in [-0.25, -0.2) is 0 Å². The summed E-state index contributed by atoms with van der Waals surface area (Å²) in [6.07, 6.45) is 0.644. The molecule has 0 radical (unpaired) electrons. The summed E-state index contributed by atoms with van der Waals surface area (Å²) < 4.78 is 12.5.